The van der Waals surface area contributed by atoms with Crippen LogP contribution in [0.25, 0.3) is 5.69 Å². The number of benzene rings is 1. The van der Waals surface area contributed by atoms with Crippen LogP contribution in [0, 0.1) is 0 Å². The van der Waals surface area contributed by atoms with E-state index >= 15 is 0 Å². The molecule has 0 saturated heterocycles. The number of rotatable bonds is 5. The van der Waals surface area contributed by atoms with Crippen LogP contribution in [0.4, 0.5) is 0 Å². The fourth-order valence-electron chi connectivity index (χ4n) is 2.16. The highest BCUT2D eigenvalue weighted by Crippen LogP contribution is 2.16. The first-order chi connectivity index (χ1) is 10.2. The highest BCUT2D eigenvalue weighted by atomic mass is 16.3. The van der Waals surface area contributed by atoms with E-state index in [-0.39, 0.29) is 0 Å². The molecule has 0 aliphatic heterocycles. The van der Waals surface area contributed by atoms with Gasteiger partial charge in [-0.1, -0.05) is 18.2 Å². The van der Waals surface area contributed by atoms with Gasteiger partial charge in [-0.25, -0.2) is 4.98 Å². The highest BCUT2D eigenvalue weighted by Gasteiger charge is 2.13. The molecule has 108 valence electrons. The van der Waals surface area contributed by atoms with Crippen LogP contribution < -0.4 is 0 Å². The lowest BCUT2D eigenvalue weighted by Crippen LogP contribution is -2.05. The van der Waals surface area contributed by atoms with Gasteiger partial charge in [-0.05, 0) is 18.6 Å². The Labute approximate surface area is 122 Å². The first kappa shape index (κ1) is 13.5. The smallest absolute Gasteiger partial charge is 0.112 e. The number of nitrogens with zero attached hydrogens (tertiary/aromatic N) is 5. The Hall–Kier alpha value is -2.47. The minimum absolute atomic E-state index is 0.568. The zero-order valence-corrected chi connectivity index (χ0v) is 11.8. The maximum Gasteiger partial charge on any atom is 0.112 e. The number of imidazole rings is 1. The Morgan fingerprint density at radius 1 is 1.24 bits per heavy atom. The third kappa shape index (κ3) is 3.00. The van der Waals surface area contributed by atoms with E-state index in [2.05, 4.69) is 15.2 Å². The van der Waals surface area contributed by atoms with Gasteiger partial charge >= 0.3 is 0 Å². The highest BCUT2D eigenvalue weighted by molar-refractivity contribution is 5.28. The number of hydrogen-bond acceptors (Lipinski definition) is 4. The number of aromatic nitrogens is 5. The van der Waals surface area contributed by atoms with Gasteiger partial charge in [-0.3, -0.25) is 0 Å². The summed E-state index contributed by atoms with van der Waals surface area (Å²) in [6.45, 7) is 0. The minimum atomic E-state index is -0.640. The third-order valence-electron chi connectivity index (χ3n) is 3.40. The van der Waals surface area contributed by atoms with Gasteiger partial charge in [0, 0.05) is 25.9 Å². The quantitative estimate of drug-likeness (QED) is 0.773. The normalized spacial score (nSPS) is 12.5. The molecule has 1 N–H and O–H groups in total. The Balaban J connectivity index is 1.67. The van der Waals surface area contributed by atoms with Gasteiger partial charge in [-0.2, -0.15) is 15.0 Å². The van der Waals surface area contributed by atoms with Gasteiger partial charge < -0.3 is 9.67 Å². The number of hydrogen-bond donors (Lipinski definition) is 1. The molecule has 0 saturated carbocycles. The molecule has 0 radical (unpaired) electrons. The van der Waals surface area contributed by atoms with Crippen molar-refractivity contribution < 1.29 is 5.11 Å². The van der Waals surface area contributed by atoms with Crippen molar-refractivity contribution in [1.29, 1.82) is 0 Å². The molecule has 21 heavy (non-hydrogen) atoms. The average Bonchev–Trinajstić information content (AvgIpc) is 3.15. The molecule has 0 amide bonds. The fourth-order valence-corrected chi connectivity index (χ4v) is 2.16. The monoisotopic (exact) mass is 283 g/mol. The summed E-state index contributed by atoms with van der Waals surface area (Å²) in [4.78, 5) is 5.77. The molecule has 0 aliphatic carbocycles. The second-order valence-electron chi connectivity index (χ2n) is 4.90. The maximum atomic E-state index is 10.2. The van der Waals surface area contributed by atoms with Gasteiger partial charge in [0.25, 0.3) is 0 Å². The SMILES string of the molecule is Cn1ccnc1CCC(O)c1cnn(-c2ccccc2)n1. The van der Waals surface area contributed by atoms with E-state index in [1.165, 1.54) is 4.80 Å². The topological polar surface area (TPSA) is 68.8 Å². The van der Waals surface area contributed by atoms with E-state index in [1.54, 1.807) is 12.4 Å². The number of aryl methyl sites for hydroxylation is 2. The molecule has 3 rings (SSSR count). The third-order valence-corrected chi connectivity index (χ3v) is 3.40. The van der Waals surface area contributed by atoms with Crippen LogP contribution in [-0.4, -0.2) is 29.7 Å². The Morgan fingerprint density at radius 3 is 2.76 bits per heavy atom. The predicted molar refractivity (Wildman–Crippen MR) is 77.8 cm³/mol. The first-order valence-corrected chi connectivity index (χ1v) is 6.86. The van der Waals surface area contributed by atoms with Crippen LogP contribution in [0.3, 0.4) is 0 Å². The van der Waals surface area contributed by atoms with E-state index in [1.807, 2.05) is 48.1 Å². The van der Waals surface area contributed by atoms with E-state index in [4.69, 9.17) is 0 Å². The van der Waals surface area contributed by atoms with E-state index in [0.717, 1.165) is 11.5 Å². The molecular formula is C15H17N5O. The molecule has 1 aromatic carbocycles. The summed E-state index contributed by atoms with van der Waals surface area (Å²) in [6, 6.07) is 9.63. The van der Waals surface area contributed by atoms with Crippen molar-refractivity contribution in [2.75, 3.05) is 0 Å². The number of para-hydroxylation sites is 1. The second-order valence-corrected chi connectivity index (χ2v) is 4.90. The van der Waals surface area contributed by atoms with Gasteiger partial charge in [-0.15, -0.1) is 0 Å². The van der Waals surface area contributed by atoms with Crippen molar-refractivity contribution in [2.45, 2.75) is 18.9 Å². The Bertz CT molecular complexity index is 704. The summed E-state index contributed by atoms with van der Waals surface area (Å²) in [7, 11) is 1.94. The van der Waals surface area contributed by atoms with E-state index in [9.17, 15) is 5.11 Å². The zero-order chi connectivity index (χ0) is 14.7. The van der Waals surface area contributed by atoms with Crippen molar-refractivity contribution >= 4 is 0 Å². The van der Waals surface area contributed by atoms with Crippen LogP contribution >= 0.6 is 0 Å². The van der Waals surface area contributed by atoms with E-state index in [0.29, 0.717) is 18.5 Å². The van der Waals surface area contributed by atoms with Crippen molar-refractivity contribution in [3.05, 3.63) is 60.4 Å². The molecular weight excluding hydrogens is 266 g/mol. The molecule has 2 aromatic heterocycles. The van der Waals surface area contributed by atoms with Crippen LogP contribution in [0.5, 0.6) is 0 Å². The maximum absolute atomic E-state index is 10.2. The summed E-state index contributed by atoms with van der Waals surface area (Å²) in [5, 5.41) is 18.7. The van der Waals surface area contributed by atoms with Crippen LogP contribution in [0.15, 0.2) is 48.9 Å². The summed E-state index contributed by atoms with van der Waals surface area (Å²) in [5.74, 6) is 0.949. The van der Waals surface area contributed by atoms with Gasteiger partial charge in [0.2, 0.25) is 0 Å². The molecule has 3 aromatic rings. The fraction of sp³-hybridized carbons (Fsp3) is 0.267. The molecule has 0 aliphatic rings. The first-order valence-electron chi connectivity index (χ1n) is 6.86. The lowest BCUT2D eigenvalue weighted by atomic mass is 10.1. The molecule has 1 unspecified atom stereocenters. The summed E-state index contributed by atoms with van der Waals surface area (Å²) in [5.41, 5.74) is 1.45. The lowest BCUT2D eigenvalue weighted by molar-refractivity contribution is 0.161. The van der Waals surface area contributed by atoms with Gasteiger partial charge in [0.1, 0.15) is 11.5 Å². The van der Waals surface area contributed by atoms with Crippen molar-refractivity contribution in [3.63, 3.8) is 0 Å². The average molecular weight is 283 g/mol. The lowest BCUT2D eigenvalue weighted by Gasteiger charge is -2.07. The summed E-state index contributed by atoms with van der Waals surface area (Å²) >= 11 is 0. The van der Waals surface area contributed by atoms with Crippen molar-refractivity contribution in [1.82, 2.24) is 24.5 Å². The molecule has 2 heterocycles. The van der Waals surface area contributed by atoms with Gasteiger partial charge in [0.15, 0.2) is 0 Å². The number of aliphatic hydroxyl groups is 1. The molecule has 0 fully saturated rings. The van der Waals surface area contributed by atoms with Crippen LogP contribution in [-0.2, 0) is 13.5 Å². The minimum Gasteiger partial charge on any atom is -0.387 e. The second kappa shape index (κ2) is 5.88. The van der Waals surface area contributed by atoms with Crippen molar-refractivity contribution in [3.8, 4) is 5.69 Å². The molecule has 0 bridgehead atoms. The molecule has 6 heteroatoms. The van der Waals surface area contributed by atoms with Crippen LogP contribution in [0.1, 0.15) is 24.0 Å². The Kier molecular flexibility index (Phi) is 3.79. The predicted octanol–water partition coefficient (Wildman–Crippen LogP) is 1.67. The molecule has 0 spiro atoms. The zero-order valence-electron chi connectivity index (χ0n) is 11.8. The van der Waals surface area contributed by atoms with Gasteiger partial charge in [0.05, 0.1) is 18.0 Å². The van der Waals surface area contributed by atoms with Crippen LogP contribution in [0.2, 0.25) is 0 Å². The molecule has 1 atom stereocenters. The summed E-state index contributed by atoms with van der Waals surface area (Å²) in [6.07, 6.45) is 5.89. The summed E-state index contributed by atoms with van der Waals surface area (Å²) < 4.78 is 1.95. The van der Waals surface area contributed by atoms with Crippen molar-refractivity contribution in [2.24, 2.45) is 7.05 Å². The molecule has 6 nitrogen and oxygen atoms in total. The standard InChI is InChI=1S/C15H17N5O/c1-19-10-9-16-15(19)8-7-14(21)13-11-17-20(18-13)12-5-3-2-4-6-12/h2-6,9-11,14,21H,7-8H2,1H3. The largest absolute Gasteiger partial charge is 0.387 e. The number of aliphatic hydroxyl groups excluding tert-OH is 1. The Morgan fingerprint density at radius 2 is 2.05 bits per heavy atom. The van der Waals surface area contributed by atoms with E-state index < -0.39 is 6.10 Å².